The summed E-state index contributed by atoms with van der Waals surface area (Å²) in [6.45, 7) is 0.433. The highest BCUT2D eigenvalue weighted by molar-refractivity contribution is 5.79. The van der Waals surface area contributed by atoms with Gasteiger partial charge in [0.1, 0.15) is 0 Å². The van der Waals surface area contributed by atoms with Crippen molar-refractivity contribution >= 4 is 5.91 Å². The van der Waals surface area contributed by atoms with Gasteiger partial charge in [-0.2, -0.15) is 0 Å². The van der Waals surface area contributed by atoms with Gasteiger partial charge in [-0.1, -0.05) is 25.0 Å². The maximum Gasteiger partial charge on any atom is 0.223 e. The summed E-state index contributed by atoms with van der Waals surface area (Å²) < 4.78 is 0. The van der Waals surface area contributed by atoms with Crippen LogP contribution in [-0.2, 0) is 4.79 Å². The fourth-order valence-corrected chi connectivity index (χ4v) is 2.44. The molecule has 0 atom stereocenters. The zero-order chi connectivity index (χ0) is 10.7. The van der Waals surface area contributed by atoms with Crippen LogP contribution in [0.15, 0.2) is 12.2 Å². The summed E-state index contributed by atoms with van der Waals surface area (Å²) in [7, 11) is 0. The maximum absolute atomic E-state index is 11.7. The Morgan fingerprint density at radius 3 is 2.53 bits per heavy atom. The molecule has 3 heteroatoms. The van der Waals surface area contributed by atoms with Crippen molar-refractivity contribution < 1.29 is 9.90 Å². The van der Waals surface area contributed by atoms with Crippen LogP contribution in [0.4, 0.5) is 0 Å². The first kappa shape index (κ1) is 10.7. The molecule has 15 heavy (non-hydrogen) atoms. The summed E-state index contributed by atoms with van der Waals surface area (Å²) in [5.41, 5.74) is -0.623. The normalized spacial score (nSPS) is 24.6. The average Bonchev–Trinajstić information content (AvgIpc) is 2.85. The van der Waals surface area contributed by atoms with E-state index in [2.05, 4.69) is 17.5 Å². The van der Waals surface area contributed by atoms with Crippen molar-refractivity contribution in [3.63, 3.8) is 0 Å². The van der Waals surface area contributed by atoms with Crippen LogP contribution >= 0.6 is 0 Å². The van der Waals surface area contributed by atoms with Crippen LogP contribution in [0.1, 0.15) is 38.5 Å². The number of nitrogens with one attached hydrogen (secondary N) is 1. The molecule has 84 valence electrons. The Morgan fingerprint density at radius 1 is 1.33 bits per heavy atom. The van der Waals surface area contributed by atoms with Gasteiger partial charge in [-0.25, -0.2) is 0 Å². The first-order chi connectivity index (χ1) is 7.20. The first-order valence-electron chi connectivity index (χ1n) is 5.85. The Balaban J connectivity index is 1.75. The van der Waals surface area contributed by atoms with Crippen molar-refractivity contribution in [2.24, 2.45) is 5.92 Å². The van der Waals surface area contributed by atoms with Crippen molar-refractivity contribution in [1.29, 1.82) is 0 Å². The quantitative estimate of drug-likeness (QED) is 0.690. The van der Waals surface area contributed by atoms with Crippen LogP contribution in [0.2, 0.25) is 0 Å². The topological polar surface area (TPSA) is 49.3 Å². The van der Waals surface area contributed by atoms with E-state index >= 15 is 0 Å². The summed E-state index contributed by atoms with van der Waals surface area (Å²) >= 11 is 0. The van der Waals surface area contributed by atoms with Crippen LogP contribution < -0.4 is 5.32 Å². The zero-order valence-electron chi connectivity index (χ0n) is 9.04. The number of rotatable bonds is 3. The van der Waals surface area contributed by atoms with E-state index < -0.39 is 5.60 Å². The highest BCUT2D eigenvalue weighted by atomic mass is 16.3. The highest BCUT2D eigenvalue weighted by Crippen LogP contribution is 2.28. The lowest BCUT2D eigenvalue weighted by Crippen LogP contribution is -2.42. The predicted octanol–water partition coefficient (Wildman–Crippen LogP) is 1.37. The number of amides is 1. The van der Waals surface area contributed by atoms with E-state index in [0.717, 1.165) is 38.5 Å². The third-order valence-corrected chi connectivity index (χ3v) is 3.50. The lowest BCUT2D eigenvalue weighted by molar-refractivity contribution is -0.125. The average molecular weight is 209 g/mol. The van der Waals surface area contributed by atoms with Gasteiger partial charge >= 0.3 is 0 Å². The molecule has 0 spiro atoms. The number of allylic oxidation sites excluding steroid dienone is 2. The van der Waals surface area contributed by atoms with Gasteiger partial charge in [0, 0.05) is 12.5 Å². The van der Waals surface area contributed by atoms with Crippen molar-refractivity contribution in [3.05, 3.63) is 12.2 Å². The molecule has 2 rings (SSSR count). The summed E-state index contributed by atoms with van der Waals surface area (Å²) in [6.07, 6.45) is 9.62. The Bertz CT molecular complexity index is 259. The van der Waals surface area contributed by atoms with Crippen LogP contribution in [0.25, 0.3) is 0 Å². The van der Waals surface area contributed by atoms with E-state index in [1.807, 2.05) is 0 Å². The van der Waals surface area contributed by atoms with Crippen LogP contribution in [-0.4, -0.2) is 23.2 Å². The lowest BCUT2D eigenvalue weighted by atomic mass is 10.0. The number of carbonyl (C=O) groups is 1. The summed E-state index contributed by atoms with van der Waals surface area (Å²) in [5.74, 6) is 0.204. The third kappa shape index (κ3) is 2.59. The summed E-state index contributed by atoms with van der Waals surface area (Å²) in [6, 6.07) is 0. The second kappa shape index (κ2) is 4.35. The predicted molar refractivity (Wildman–Crippen MR) is 58.3 cm³/mol. The second-order valence-corrected chi connectivity index (χ2v) is 4.79. The smallest absolute Gasteiger partial charge is 0.223 e. The third-order valence-electron chi connectivity index (χ3n) is 3.50. The fraction of sp³-hybridized carbons (Fsp3) is 0.750. The van der Waals surface area contributed by atoms with Crippen molar-refractivity contribution in [2.45, 2.75) is 44.1 Å². The molecule has 2 N–H and O–H groups in total. The molecule has 1 fully saturated rings. The molecule has 0 aromatic rings. The molecule has 0 unspecified atom stereocenters. The van der Waals surface area contributed by atoms with Crippen molar-refractivity contribution in [1.82, 2.24) is 5.32 Å². The standard InChI is InChI=1S/C12H19NO2/c14-11(10-5-1-2-6-10)13-9-12(15)7-3-4-8-12/h1-2,10,15H,3-9H2,(H,13,14). The SMILES string of the molecule is O=C(NCC1(O)CCCC1)C1CC=CC1. The molecule has 2 aliphatic rings. The summed E-state index contributed by atoms with van der Waals surface area (Å²) in [5, 5.41) is 12.9. The molecule has 0 saturated heterocycles. The molecule has 2 aliphatic carbocycles. The van der Waals surface area contributed by atoms with Gasteiger partial charge in [0.05, 0.1) is 5.60 Å². The highest BCUT2D eigenvalue weighted by Gasteiger charge is 2.32. The molecule has 0 aromatic carbocycles. The number of aliphatic hydroxyl groups is 1. The molecular formula is C12H19NO2. The van der Waals surface area contributed by atoms with E-state index in [0.29, 0.717) is 6.54 Å². The monoisotopic (exact) mass is 209 g/mol. The van der Waals surface area contributed by atoms with E-state index in [1.54, 1.807) is 0 Å². The van der Waals surface area contributed by atoms with Crippen LogP contribution in [0.5, 0.6) is 0 Å². The Kier molecular flexibility index (Phi) is 3.10. The lowest BCUT2D eigenvalue weighted by Gasteiger charge is -2.23. The zero-order valence-corrected chi connectivity index (χ0v) is 9.04. The van der Waals surface area contributed by atoms with Gasteiger partial charge in [-0.15, -0.1) is 0 Å². The second-order valence-electron chi connectivity index (χ2n) is 4.79. The van der Waals surface area contributed by atoms with Crippen LogP contribution in [0, 0.1) is 5.92 Å². The summed E-state index contributed by atoms with van der Waals surface area (Å²) in [4.78, 5) is 11.7. The van der Waals surface area contributed by atoms with Gasteiger partial charge in [-0.05, 0) is 25.7 Å². The molecule has 0 heterocycles. The van der Waals surface area contributed by atoms with E-state index in [-0.39, 0.29) is 11.8 Å². The minimum absolute atomic E-state index is 0.0975. The molecule has 1 amide bonds. The van der Waals surface area contributed by atoms with Gasteiger partial charge in [0.2, 0.25) is 5.91 Å². The van der Waals surface area contributed by atoms with E-state index in [1.165, 1.54) is 0 Å². The van der Waals surface area contributed by atoms with Crippen molar-refractivity contribution in [2.75, 3.05) is 6.54 Å². The largest absolute Gasteiger partial charge is 0.388 e. The van der Waals surface area contributed by atoms with Gasteiger partial charge < -0.3 is 10.4 Å². The number of hydrogen-bond acceptors (Lipinski definition) is 2. The molecule has 0 aliphatic heterocycles. The Morgan fingerprint density at radius 2 is 1.93 bits per heavy atom. The van der Waals surface area contributed by atoms with Gasteiger partial charge in [-0.3, -0.25) is 4.79 Å². The van der Waals surface area contributed by atoms with E-state index in [4.69, 9.17) is 0 Å². The van der Waals surface area contributed by atoms with E-state index in [9.17, 15) is 9.90 Å². The first-order valence-corrected chi connectivity index (χ1v) is 5.85. The van der Waals surface area contributed by atoms with Crippen molar-refractivity contribution in [3.8, 4) is 0 Å². The minimum Gasteiger partial charge on any atom is -0.388 e. The Labute approximate surface area is 90.6 Å². The number of hydrogen-bond donors (Lipinski definition) is 2. The maximum atomic E-state index is 11.7. The van der Waals surface area contributed by atoms with Gasteiger partial charge in [0.15, 0.2) is 0 Å². The molecule has 3 nitrogen and oxygen atoms in total. The molecule has 1 saturated carbocycles. The minimum atomic E-state index is -0.623. The molecule has 0 aromatic heterocycles. The number of carbonyl (C=O) groups excluding carboxylic acids is 1. The fourth-order valence-electron chi connectivity index (χ4n) is 2.44. The molecular weight excluding hydrogens is 190 g/mol. The van der Waals surface area contributed by atoms with Gasteiger partial charge in [0.25, 0.3) is 0 Å². The van der Waals surface area contributed by atoms with Crippen LogP contribution in [0.3, 0.4) is 0 Å². The molecule has 0 bridgehead atoms. The Hall–Kier alpha value is -0.830. The molecule has 0 radical (unpaired) electrons.